The van der Waals surface area contributed by atoms with E-state index in [4.69, 9.17) is 5.73 Å². The number of pyridine rings is 1. The molecule has 0 bridgehead atoms. The van der Waals surface area contributed by atoms with Crippen LogP contribution in [0.15, 0.2) is 35.4 Å². The third-order valence-electron chi connectivity index (χ3n) is 3.52. The highest BCUT2D eigenvalue weighted by atomic mass is 32.2. The number of rotatable bonds is 2. The first-order valence-corrected chi connectivity index (χ1v) is 9.41. The molecule has 1 aromatic carbocycles. The molecule has 112 valence electrons. The molecule has 2 heterocycles. The first-order chi connectivity index (χ1) is 10.00. The van der Waals surface area contributed by atoms with Crippen LogP contribution in [0.25, 0.3) is 10.9 Å². The number of sulfonamides is 1. The van der Waals surface area contributed by atoms with Crippen molar-refractivity contribution in [2.45, 2.75) is 4.90 Å². The number of benzene rings is 1. The predicted octanol–water partition coefficient (Wildman–Crippen LogP) is 0.570. The first kappa shape index (κ1) is 14.4. The van der Waals surface area contributed by atoms with Gasteiger partial charge in [-0.3, -0.25) is 9.19 Å². The lowest BCUT2D eigenvalue weighted by Crippen LogP contribution is -2.41. The molecular weight excluding hydrogens is 310 g/mol. The topological polar surface area (TPSA) is 93.4 Å². The van der Waals surface area contributed by atoms with E-state index in [2.05, 4.69) is 4.98 Å². The molecule has 2 aromatic rings. The Kier molecular flexibility index (Phi) is 3.68. The molecule has 1 aromatic heterocycles. The highest BCUT2D eigenvalue weighted by molar-refractivity contribution is 7.89. The summed E-state index contributed by atoms with van der Waals surface area (Å²) in [5, 5.41) is 0.624. The van der Waals surface area contributed by atoms with Gasteiger partial charge in [0.1, 0.15) is 4.90 Å². The van der Waals surface area contributed by atoms with Crippen molar-refractivity contribution >= 4 is 37.4 Å². The van der Waals surface area contributed by atoms with Gasteiger partial charge in [0, 0.05) is 52.7 Å². The van der Waals surface area contributed by atoms with Gasteiger partial charge >= 0.3 is 0 Å². The van der Waals surface area contributed by atoms with Gasteiger partial charge in [0.2, 0.25) is 10.0 Å². The van der Waals surface area contributed by atoms with Crippen LogP contribution in [-0.4, -0.2) is 46.5 Å². The van der Waals surface area contributed by atoms with Crippen molar-refractivity contribution in [1.82, 2.24) is 9.29 Å². The van der Waals surface area contributed by atoms with E-state index >= 15 is 0 Å². The molecule has 0 spiro atoms. The molecule has 0 aliphatic carbocycles. The summed E-state index contributed by atoms with van der Waals surface area (Å²) in [4.78, 5) is 4.32. The largest absolute Gasteiger partial charge is 0.398 e. The van der Waals surface area contributed by atoms with E-state index in [1.165, 1.54) is 10.4 Å². The summed E-state index contributed by atoms with van der Waals surface area (Å²) in [7, 11) is -4.57. The summed E-state index contributed by atoms with van der Waals surface area (Å²) >= 11 is 0. The second kappa shape index (κ2) is 5.36. The normalized spacial score (nSPS) is 18.1. The molecule has 2 N–H and O–H groups in total. The zero-order chi connectivity index (χ0) is 15.0. The lowest BCUT2D eigenvalue weighted by atomic mass is 10.2. The van der Waals surface area contributed by atoms with Crippen molar-refractivity contribution in [2.75, 3.05) is 30.3 Å². The van der Waals surface area contributed by atoms with Gasteiger partial charge in [-0.25, -0.2) is 8.42 Å². The highest BCUT2D eigenvalue weighted by Gasteiger charge is 2.30. The lowest BCUT2D eigenvalue weighted by Gasteiger charge is -2.26. The minimum atomic E-state index is -3.65. The van der Waals surface area contributed by atoms with Gasteiger partial charge in [-0.1, -0.05) is 0 Å². The summed E-state index contributed by atoms with van der Waals surface area (Å²) in [6.45, 7) is 0.543. The molecule has 0 saturated carbocycles. The average molecular weight is 325 g/mol. The third kappa shape index (κ3) is 2.54. The fraction of sp³-hybridized carbons (Fsp3) is 0.308. The number of nitrogens with zero attached hydrogens (tertiary/aromatic N) is 2. The number of nitrogen functional groups attached to an aromatic ring is 1. The van der Waals surface area contributed by atoms with E-state index in [1.54, 1.807) is 24.4 Å². The maximum atomic E-state index is 12.8. The molecule has 21 heavy (non-hydrogen) atoms. The fourth-order valence-electron chi connectivity index (χ4n) is 2.38. The Balaban J connectivity index is 2.11. The van der Waals surface area contributed by atoms with Crippen molar-refractivity contribution in [3.63, 3.8) is 0 Å². The number of anilines is 1. The molecule has 0 radical (unpaired) electrons. The van der Waals surface area contributed by atoms with Crippen molar-refractivity contribution in [3.05, 3.63) is 30.5 Å². The third-order valence-corrected chi connectivity index (χ3v) is 6.73. The molecular formula is C13H15N3O3S2. The summed E-state index contributed by atoms with van der Waals surface area (Å²) < 4.78 is 38.3. The van der Waals surface area contributed by atoms with Gasteiger partial charge in [0.25, 0.3) is 0 Å². The van der Waals surface area contributed by atoms with Crippen molar-refractivity contribution in [2.24, 2.45) is 0 Å². The van der Waals surface area contributed by atoms with Gasteiger partial charge < -0.3 is 5.73 Å². The molecule has 1 saturated heterocycles. The van der Waals surface area contributed by atoms with E-state index in [1.807, 2.05) is 0 Å². The summed E-state index contributed by atoms with van der Waals surface area (Å²) in [6.07, 6.45) is 1.55. The fourth-order valence-corrected chi connectivity index (χ4v) is 5.25. The highest BCUT2D eigenvalue weighted by Crippen LogP contribution is 2.28. The van der Waals surface area contributed by atoms with E-state index in [-0.39, 0.29) is 18.0 Å². The zero-order valence-electron chi connectivity index (χ0n) is 11.2. The van der Waals surface area contributed by atoms with Crippen LogP contribution >= 0.6 is 0 Å². The summed E-state index contributed by atoms with van der Waals surface area (Å²) in [5.41, 5.74) is 6.75. The van der Waals surface area contributed by atoms with Crippen LogP contribution in [0.2, 0.25) is 0 Å². The molecule has 1 aliphatic heterocycles. The van der Waals surface area contributed by atoms with Gasteiger partial charge in [0.05, 0.1) is 5.52 Å². The van der Waals surface area contributed by atoms with Gasteiger partial charge in [-0.05, 0) is 24.3 Å². The van der Waals surface area contributed by atoms with Crippen LogP contribution < -0.4 is 5.73 Å². The quantitative estimate of drug-likeness (QED) is 0.815. The zero-order valence-corrected chi connectivity index (χ0v) is 12.9. The lowest BCUT2D eigenvalue weighted by molar-refractivity contribution is 0.439. The van der Waals surface area contributed by atoms with Gasteiger partial charge in [-0.2, -0.15) is 4.31 Å². The Morgan fingerprint density at radius 1 is 1.19 bits per heavy atom. The molecule has 6 nitrogen and oxygen atoms in total. The van der Waals surface area contributed by atoms with E-state index in [0.29, 0.717) is 28.1 Å². The van der Waals surface area contributed by atoms with Crippen molar-refractivity contribution in [1.29, 1.82) is 0 Å². The SMILES string of the molecule is Nc1ccc(S(=O)(=O)N2CCS(=O)CC2)c2ncccc12. The van der Waals surface area contributed by atoms with Crippen LogP contribution in [-0.2, 0) is 20.8 Å². The Labute approximate surface area is 125 Å². The predicted molar refractivity (Wildman–Crippen MR) is 82.8 cm³/mol. The second-order valence-electron chi connectivity index (χ2n) is 4.80. The Morgan fingerprint density at radius 3 is 2.62 bits per heavy atom. The van der Waals surface area contributed by atoms with Crippen LogP contribution in [0.4, 0.5) is 5.69 Å². The Hall–Kier alpha value is -1.51. The van der Waals surface area contributed by atoms with Crippen LogP contribution in [0.1, 0.15) is 0 Å². The minimum absolute atomic E-state index is 0.153. The van der Waals surface area contributed by atoms with E-state index in [9.17, 15) is 12.6 Å². The first-order valence-electron chi connectivity index (χ1n) is 6.48. The molecule has 1 fully saturated rings. The van der Waals surface area contributed by atoms with Gasteiger partial charge in [0.15, 0.2) is 0 Å². The minimum Gasteiger partial charge on any atom is -0.398 e. The standard InChI is InChI=1S/C13H15N3O3S2/c14-11-3-4-12(13-10(11)2-1-5-15-13)21(18,19)16-6-8-20(17)9-7-16/h1-5H,6-9,14H2. The number of hydrogen-bond donors (Lipinski definition) is 1. The molecule has 0 amide bonds. The maximum absolute atomic E-state index is 12.8. The molecule has 0 unspecified atom stereocenters. The van der Waals surface area contributed by atoms with Crippen molar-refractivity contribution < 1.29 is 12.6 Å². The van der Waals surface area contributed by atoms with E-state index in [0.717, 1.165) is 0 Å². The second-order valence-corrected chi connectivity index (χ2v) is 8.41. The summed E-state index contributed by atoms with van der Waals surface area (Å²) in [5.74, 6) is 0.749. The average Bonchev–Trinajstić information content (AvgIpc) is 2.48. The molecule has 1 aliphatic rings. The van der Waals surface area contributed by atoms with Crippen molar-refractivity contribution in [3.8, 4) is 0 Å². The Morgan fingerprint density at radius 2 is 1.90 bits per heavy atom. The van der Waals surface area contributed by atoms with E-state index < -0.39 is 20.8 Å². The monoisotopic (exact) mass is 325 g/mol. The van der Waals surface area contributed by atoms with Crippen LogP contribution in [0.5, 0.6) is 0 Å². The number of aromatic nitrogens is 1. The van der Waals surface area contributed by atoms with Gasteiger partial charge in [-0.15, -0.1) is 0 Å². The molecule has 0 atom stereocenters. The smallest absolute Gasteiger partial charge is 0.245 e. The number of hydrogen-bond acceptors (Lipinski definition) is 5. The van der Waals surface area contributed by atoms with Crippen LogP contribution in [0, 0.1) is 0 Å². The number of fused-ring (bicyclic) bond motifs is 1. The number of nitrogens with two attached hydrogens (primary N) is 1. The molecule has 3 rings (SSSR count). The molecule has 8 heteroatoms. The maximum Gasteiger partial charge on any atom is 0.245 e. The summed E-state index contributed by atoms with van der Waals surface area (Å²) in [6, 6.07) is 6.55. The Bertz CT molecular complexity index is 811. The van der Waals surface area contributed by atoms with Crippen LogP contribution in [0.3, 0.4) is 0 Å².